The molecular formula is C18H30IN3OS. The smallest absolute Gasteiger partial charge is 0.191 e. The Morgan fingerprint density at radius 1 is 1.46 bits per heavy atom. The Morgan fingerprint density at radius 2 is 2.25 bits per heavy atom. The van der Waals surface area contributed by atoms with Crippen LogP contribution >= 0.6 is 35.3 Å². The molecule has 4 nitrogen and oxygen atoms in total. The average molecular weight is 463 g/mol. The highest BCUT2D eigenvalue weighted by atomic mass is 127. The zero-order valence-corrected chi connectivity index (χ0v) is 18.0. The molecule has 3 unspecified atom stereocenters. The van der Waals surface area contributed by atoms with Crippen LogP contribution in [0.25, 0.3) is 0 Å². The van der Waals surface area contributed by atoms with Gasteiger partial charge < -0.3 is 15.4 Å². The van der Waals surface area contributed by atoms with Gasteiger partial charge >= 0.3 is 0 Å². The second kappa shape index (κ2) is 8.85. The molecule has 2 saturated carbocycles. The van der Waals surface area contributed by atoms with Crippen molar-refractivity contribution in [3.05, 3.63) is 22.4 Å². The highest BCUT2D eigenvalue weighted by Gasteiger charge is 2.59. The number of nitrogens with zero attached hydrogens (tertiary/aromatic N) is 1. The summed E-state index contributed by atoms with van der Waals surface area (Å²) in [6, 6.07) is 5.06. The van der Waals surface area contributed by atoms with Gasteiger partial charge in [0.15, 0.2) is 5.96 Å². The maximum atomic E-state index is 5.95. The average Bonchev–Trinajstić information content (AvgIpc) is 2.98. The minimum atomic E-state index is 0. The molecule has 2 aliphatic carbocycles. The molecule has 1 aromatic heterocycles. The predicted octanol–water partition coefficient (Wildman–Crippen LogP) is 4.33. The van der Waals surface area contributed by atoms with Gasteiger partial charge in [0.25, 0.3) is 0 Å². The van der Waals surface area contributed by atoms with Crippen LogP contribution in [0.5, 0.6) is 0 Å². The highest BCUT2D eigenvalue weighted by molar-refractivity contribution is 14.0. The van der Waals surface area contributed by atoms with Crippen molar-refractivity contribution in [3.63, 3.8) is 0 Å². The molecule has 0 radical (unpaired) electrons. The van der Waals surface area contributed by atoms with Gasteiger partial charge in [-0.05, 0) is 51.5 Å². The largest absolute Gasteiger partial charge is 0.378 e. The number of nitrogens with one attached hydrogen (secondary N) is 2. The molecule has 1 heterocycles. The summed E-state index contributed by atoms with van der Waals surface area (Å²) in [6.07, 6.45) is 5.45. The zero-order chi connectivity index (χ0) is 16.3. The fourth-order valence-corrected chi connectivity index (χ4v) is 4.65. The lowest BCUT2D eigenvalue weighted by atomic mass is 9.51. The quantitative estimate of drug-likeness (QED) is 0.375. The minimum Gasteiger partial charge on any atom is -0.378 e. The van der Waals surface area contributed by atoms with Crippen molar-refractivity contribution in [1.29, 1.82) is 0 Å². The molecule has 0 bridgehead atoms. The Kier molecular flexibility index (Phi) is 7.37. The van der Waals surface area contributed by atoms with Gasteiger partial charge in [-0.3, -0.25) is 4.99 Å². The second-order valence-corrected chi connectivity index (χ2v) is 7.65. The number of aliphatic imine (C=N–C) groups is 1. The Balaban J connectivity index is 0.00000208. The van der Waals surface area contributed by atoms with Crippen molar-refractivity contribution in [2.75, 3.05) is 13.2 Å². The Labute approximate surface area is 166 Å². The fraction of sp³-hybridized carbons (Fsp3) is 0.722. The predicted molar refractivity (Wildman–Crippen MR) is 112 cm³/mol. The number of hydrogen-bond acceptors (Lipinski definition) is 3. The van der Waals surface area contributed by atoms with Crippen LogP contribution in [-0.4, -0.2) is 31.3 Å². The molecule has 2 N–H and O–H groups in total. The van der Waals surface area contributed by atoms with Gasteiger partial charge in [-0.2, -0.15) is 0 Å². The first kappa shape index (κ1) is 20.0. The maximum Gasteiger partial charge on any atom is 0.191 e. The van der Waals surface area contributed by atoms with E-state index in [9.17, 15) is 0 Å². The topological polar surface area (TPSA) is 45.7 Å². The fourth-order valence-electron chi connectivity index (χ4n) is 3.91. The SMILES string of the molecule is CCN=C(NC(C)c1cccs1)NC1CC(OCC)C12CCC2.I. The third-order valence-corrected chi connectivity index (χ3v) is 6.44. The van der Waals surface area contributed by atoms with Crippen molar-refractivity contribution >= 4 is 41.3 Å². The molecule has 2 fully saturated rings. The molecular weight excluding hydrogens is 433 g/mol. The molecule has 2 aliphatic rings. The third-order valence-electron chi connectivity index (χ3n) is 5.39. The molecule has 3 rings (SSSR count). The second-order valence-electron chi connectivity index (χ2n) is 6.67. The molecule has 6 heteroatoms. The molecule has 136 valence electrons. The zero-order valence-electron chi connectivity index (χ0n) is 14.9. The van der Waals surface area contributed by atoms with Crippen LogP contribution in [0.1, 0.15) is 57.4 Å². The van der Waals surface area contributed by atoms with E-state index in [2.05, 4.69) is 53.9 Å². The van der Waals surface area contributed by atoms with Crippen LogP contribution in [0.2, 0.25) is 0 Å². The number of halogens is 1. The van der Waals surface area contributed by atoms with E-state index in [1.54, 1.807) is 11.3 Å². The lowest BCUT2D eigenvalue weighted by Crippen LogP contribution is -2.68. The lowest BCUT2D eigenvalue weighted by molar-refractivity contribution is -0.168. The van der Waals surface area contributed by atoms with E-state index in [4.69, 9.17) is 4.74 Å². The highest BCUT2D eigenvalue weighted by Crippen LogP contribution is 2.57. The number of hydrogen-bond donors (Lipinski definition) is 2. The monoisotopic (exact) mass is 463 g/mol. The van der Waals surface area contributed by atoms with Crippen LogP contribution in [0, 0.1) is 5.41 Å². The van der Waals surface area contributed by atoms with Gasteiger partial charge in [0, 0.05) is 29.5 Å². The maximum absolute atomic E-state index is 5.95. The Morgan fingerprint density at radius 3 is 2.79 bits per heavy atom. The molecule has 1 spiro atoms. The van der Waals surface area contributed by atoms with Gasteiger partial charge in [0.05, 0.1) is 12.1 Å². The Hall–Kier alpha value is -0.340. The van der Waals surface area contributed by atoms with E-state index in [-0.39, 0.29) is 30.0 Å². The van der Waals surface area contributed by atoms with Gasteiger partial charge in [-0.1, -0.05) is 12.5 Å². The van der Waals surface area contributed by atoms with Crippen LogP contribution in [-0.2, 0) is 4.74 Å². The normalized spacial score (nSPS) is 26.0. The number of thiophene rings is 1. The molecule has 3 atom stereocenters. The van der Waals surface area contributed by atoms with E-state index in [0.29, 0.717) is 17.6 Å². The summed E-state index contributed by atoms with van der Waals surface area (Å²) in [5, 5.41) is 9.38. The molecule has 1 aromatic rings. The number of guanidine groups is 1. The summed E-state index contributed by atoms with van der Waals surface area (Å²) >= 11 is 1.79. The summed E-state index contributed by atoms with van der Waals surface area (Å²) in [6.45, 7) is 7.99. The van der Waals surface area contributed by atoms with Crippen LogP contribution in [0.4, 0.5) is 0 Å². The third kappa shape index (κ3) is 3.90. The number of rotatable bonds is 6. The minimum absolute atomic E-state index is 0. The van der Waals surface area contributed by atoms with E-state index in [0.717, 1.165) is 25.5 Å². The summed E-state index contributed by atoms with van der Waals surface area (Å²) in [5.74, 6) is 0.944. The number of ether oxygens (including phenoxy) is 1. The van der Waals surface area contributed by atoms with Crippen molar-refractivity contribution in [1.82, 2.24) is 10.6 Å². The van der Waals surface area contributed by atoms with E-state index >= 15 is 0 Å². The van der Waals surface area contributed by atoms with Crippen LogP contribution in [0.15, 0.2) is 22.5 Å². The molecule has 0 aliphatic heterocycles. The molecule has 24 heavy (non-hydrogen) atoms. The van der Waals surface area contributed by atoms with Crippen LogP contribution < -0.4 is 10.6 Å². The van der Waals surface area contributed by atoms with Crippen molar-refractivity contribution in [2.45, 2.75) is 64.6 Å². The summed E-state index contributed by atoms with van der Waals surface area (Å²) < 4.78 is 5.95. The summed E-state index contributed by atoms with van der Waals surface area (Å²) in [5.41, 5.74) is 0.359. The Bertz CT molecular complexity index is 530. The first-order valence-electron chi connectivity index (χ1n) is 8.92. The first-order chi connectivity index (χ1) is 11.2. The lowest BCUT2D eigenvalue weighted by Gasteiger charge is -2.61. The van der Waals surface area contributed by atoms with Crippen molar-refractivity contribution in [2.24, 2.45) is 10.4 Å². The van der Waals surface area contributed by atoms with Gasteiger partial charge in [0.2, 0.25) is 0 Å². The standard InChI is InChI=1S/C18H29N3OS.HI/c1-4-19-17(20-13(3)14-8-6-11-23-14)21-15-12-16(22-5-2)18(15)9-7-10-18;/h6,8,11,13,15-16H,4-5,7,9-10,12H2,1-3H3,(H2,19,20,21);1H. The summed E-state index contributed by atoms with van der Waals surface area (Å²) in [4.78, 5) is 5.99. The van der Waals surface area contributed by atoms with E-state index in [1.165, 1.54) is 24.1 Å². The van der Waals surface area contributed by atoms with E-state index < -0.39 is 0 Å². The van der Waals surface area contributed by atoms with Crippen molar-refractivity contribution in [3.8, 4) is 0 Å². The van der Waals surface area contributed by atoms with E-state index in [1.807, 2.05) is 0 Å². The van der Waals surface area contributed by atoms with Gasteiger partial charge in [-0.25, -0.2) is 0 Å². The van der Waals surface area contributed by atoms with Crippen LogP contribution in [0.3, 0.4) is 0 Å². The van der Waals surface area contributed by atoms with Gasteiger partial charge in [0.1, 0.15) is 0 Å². The van der Waals surface area contributed by atoms with Crippen molar-refractivity contribution < 1.29 is 4.74 Å². The molecule has 0 saturated heterocycles. The molecule has 0 aromatic carbocycles. The molecule has 0 amide bonds. The first-order valence-corrected chi connectivity index (χ1v) is 9.80. The summed E-state index contributed by atoms with van der Waals surface area (Å²) in [7, 11) is 0. The van der Waals surface area contributed by atoms with Gasteiger partial charge in [-0.15, -0.1) is 35.3 Å².